The summed E-state index contributed by atoms with van der Waals surface area (Å²) < 4.78 is 7.54. The summed E-state index contributed by atoms with van der Waals surface area (Å²) >= 11 is 0. The molecule has 0 amide bonds. The Balaban J connectivity index is 1.98. The summed E-state index contributed by atoms with van der Waals surface area (Å²) in [7, 11) is 0. The molecule has 1 heterocycles. The lowest BCUT2D eigenvalue weighted by atomic mass is 10.2. The highest BCUT2D eigenvalue weighted by molar-refractivity contribution is 5.43. The van der Waals surface area contributed by atoms with Gasteiger partial charge in [0.15, 0.2) is 5.75 Å². The maximum Gasteiger partial charge on any atom is 0.223 e. The molecule has 2 aromatic carbocycles. The Morgan fingerprint density at radius 3 is 2.45 bits per heavy atom. The Bertz CT molecular complexity index is 854. The molecule has 1 N–H and O–H groups in total. The van der Waals surface area contributed by atoms with Gasteiger partial charge >= 0.3 is 0 Å². The predicted octanol–water partition coefficient (Wildman–Crippen LogP) is 3.64. The zero-order chi connectivity index (χ0) is 15.5. The number of hydrogen-bond donors (Lipinski definition) is 1. The first-order valence-corrected chi connectivity index (χ1v) is 6.89. The quantitative estimate of drug-likeness (QED) is 0.802. The molecular formula is C18H15NO3. The van der Waals surface area contributed by atoms with Gasteiger partial charge < -0.3 is 14.4 Å². The number of benzene rings is 2. The van der Waals surface area contributed by atoms with Crippen LogP contribution in [0.1, 0.15) is 5.69 Å². The van der Waals surface area contributed by atoms with E-state index in [2.05, 4.69) is 0 Å². The second-order valence-electron chi connectivity index (χ2n) is 4.95. The van der Waals surface area contributed by atoms with E-state index in [1.165, 1.54) is 12.3 Å². The van der Waals surface area contributed by atoms with Gasteiger partial charge in [-0.15, -0.1) is 0 Å². The largest absolute Gasteiger partial charge is 0.503 e. The number of rotatable bonds is 3. The zero-order valence-corrected chi connectivity index (χ0v) is 12.1. The number of aromatic nitrogens is 1. The maximum atomic E-state index is 11.4. The highest BCUT2D eigenvalue weighted by Crippen LogP contribution is 2.24. The van der Waals surface area contributed by atoms with E-state index in [1.54, 1.807) is 4.57 Å². The maximum absolute atomic E-state index is 11.4. The first-order valence-electron chi connectivity index (χ1n) is 6.89. The van der Waals surface area contributed by atoms with E-state index in [4.69, 9.17) is 4.74 Å². The van der Waals surface area contributed by atoms with Crippen LogP contribution in [-0.4, -0.2) is 9.67 Å². The van der Waals surface area contributed by atoms with Crippen LogP contribution in [0.3, 0.4) is 0 Å². The Morgan fingerprint density at radius 1 is 0.955 bits per heavy atom. The number of aromatic hydroxyl groups is 1. The lowest BCUT2D eigenvalue weighted by Gasteiger charge is -2.13. The van der Waals surface area contributed by atoms with Gasteiger partial charge in [0.2, 0.25) is 5.43 Å². The fraction of sp³-hybridized carbons (Fsp3) is 0.0556. The molecule has 110 valence electrons. The third-order valence-corrected chi connectivity index (χ3v) is 3.30. The van der Waals surface area contributed by atoms with E-state index >= 15 is 0 Å². The van der Waals surface area contributed by atoms with Gasteiger partial charge in [-0.05, 0) is 31.2 Å². The molecule has 0 atom stereocenters. The minimum atomic E-state index is -0.384. The van der Waals surface area contributed by atoms with Crippen LogP contribution in [0.25, 0.3) is 5.69 Å². The van der Waals surface area contributed by atoms with Crippen LogP contribution in [0.5, 0.6) is 17.2 Å². The molecule has 3 aromatic rings. The van der Waals surface area contributed by atoms with Gasteiger partial charge in [0, 0.05) is 23.5 Å². The molecular weight excluding hydrogens is 278 g/mol. The van der Waals surface area contributed by atoms with Crippen molar-refractivity contribution >= 4 is 0 Å². The van der Waals surface area contributed by atoms with Crippen molar-refractivity contribution < 1.29 is 9.84 Å². The first-order chi connectivity index (χ1) is 10.6. The number of nitrogens with zero attached hydrogens (tertiary/aromatic N) is 1. The highest BCUT2D eigenvalue weighted by Gasteiger charge is 2.06. The summed E-state index contributed by atoms with van der Waals surface area (Å²) in [5, 5.41) is 9.63. The van der Waals surface area contributed by atoms with Crippen LogP contribution in [0.4, 0.5) is 0 Å². The lowest BCUT2D eigenvalue weighted by Crippen LogP contribution is -2.08. The van der Waals surface area contributed by atoms with Gasteiger partial charge in [0.1, 0.15) is 11.5 Å². The molecule has 1 aromatic heterocycles. The number of aryl methyl sites for hydroxylation is 1. The molecule has 0 bridgehead atoms. The molecule has 0 saturated heterocycles. The first kappa shape index (κ1) is 13.9. The summed E-state index contributed by atoms with van der Waals surface area (Å²) in [5.74, 6) is 1.15. The standard InChI is InChI=1S/C18H15NO3/c1-13-10-17(20)18(21)12-19(13)14-6-5-9-16(11-14)22-15-7-3-2-4-8-15/h2-12,21H,1H3. The van der Waals surface area contributed by atoms with Gasteiger partial charge in [-0.3, -0.25) is 4.79 Å². The smallest absolute Gasteiger partial charge is 0.223 e. The molecule has 0 aliphatic rings. The van der Waals surface area contributed by atoms with Crippen molar-refractivity contribution in [2.45, 2.75) is 6.92 Å². The van der Waals surface area contributed by atoms with Crippen LogP contribution in [-0.2, 0) is 0 Å². The molecule has 4 nitrogen and oxygen atoms in total. The normalized spacial score (nSPS) is 10.4. The van der Waals surface area contributed by atoms with Crippen molar-refractivity contribution in [2.24, 2.45) is 0 Å². The van der Waals surface area contributed by atoms with Gasteiger partial charge in [0.25, 0.3) is 0 Å². The Labute approximate surface area is 127 Å². The second kappa shape index (κ2) is 5.77. The van der Waals surface area contributed by atoms with Gasteiger partial charge in [-0.1, -0.05) is 24.3 Å². The van der Waals surface area contributed by atoms with E-state index in [1.807, 2.05) is 61.5 Å². The van der Waals surface area contributed by atoms with Crippen LogP contribution < -0.4 is 10.2 Å². The fourth-order valence-electron chi connectivity index (χ4n) is 2.22. The monoisotopic (exact) mass is 293 g/mol. The number of para-hydroxylation sites is 1. The minimum absolute atomic E-state index is 0.278. The van der Waals surface area contributed by atoms with E-state index in [0.29, 0.717) is 5.75 Å². The van der Waals surface area contributed by atoms with Crippen molar-refractivity contribution in [1.29, 1.82) is 0 Å². The Morgan fingerprint density at radius 2 is 1.68 bits per heavy atom. The third-order valence-electron chi connectivity index (χ3n) is 3.30. The molecule has 0 saturated carbocycles. The molecule has 0 unspecified atom stereocenters. The molecule has 4 heteroatoms. The summed E-state index contributed by atoms with van der Waals surface area (Å²) in [5.41, 5.74) is 1.16. The van der Waals surface area contributed by atoms with E-state index in [0.717, 1.165) is 17.1 Å². The van der Waals surface area contributed by atoms with Gasteiger partial charge in [-0.2, -0.15) is 0 Å². The second-order valence-corrected chi connectivity index (χ2v) is 4.95. The highest BCUT2D eigenvalue weighted by atomic mass is 16.5. The summed E-state index contributed by atoms with van der Waals surface area (Å²) in [6, 6.07) is 18.4. The minimum Gasteiger partial charge on any atom is -0.503 e. The molecule has 0 aliphatic heterocycles. The van der Waals surface area contributed by atoms with Gasteiger partial charge in [0.05, 0.1) is 6.20 Å². The third kappa shape index (κ3) is 2.86. The van der Waals surface area contributed by atoms with Crippen molar-refractivity contribution in [3.63, 3.8) is 0 Å². The number of hydrogen-bond acceptors (Lipinski definition) is 3. The Hall–Kier alpha value is -3.01. The summed E-state index contributed by atoms with van der Waals surface area (Å²) in [6.07, 6.45) is 1.42. The molecule has 22 heavy (non-hydrogen) atoms. The summed E-state index contributed by atoms with van der Waals surface area (Å²) in [4.78, 5) is 11.4. The van der Waals surface area contributed by atoms with Gasteiger partial charge in [-0.25, -0.2) is 0 Å². The fourth-order valence-corrected chi connectivity index (χ4v) is 2.22. The summed E-state index contributed by atoms with van der Waals surface area (Å²) in [6.45, 7) is 1.81. The number of pyridine rings is 1. The van der Waals surface area contributed by atoms with Crippen molar-refractivity contribution in [1.82, 2.24) is 4.57 Å². The molecule has 0 aliphatic carbocycles. The topological polar surface area (TPSA) is 51.5 Å². The Kier molecular flexibility index (Phi) is 3.66. The van der Waals surface area contributed by atoms with Crippen molar-refractivity contribution in [2.75, 3.05) is 0 Å². The SMILES string of the molecule is Cc1cc(=O)c(O)cn1-c1cccc(Oc2ccccc2)c1. The number of ether oxygens (including phenoxy) is 1. The average Bonchev–Trinajstić information content (AvgIpc) is 2.52. The predicted molar refractivity (Wildman–Crippen MR) is 85.0 cm³/mol. The molecule has 0 radical (unpaired) electrons. The van der Waals surface area contributed by atoms with Crippen molar-refractivity contribution in [3.8, 4) is 22.9 Å². The van der Waals surface area contributed by atoms with E-state index in [9.17, 15) is 9.90 Å². The van der Waals surface area contributed by atoms with E-state index < -0.39 is 0 Å². The van der Waals surface area contributed by atoms with Crippen LogP contribution in [0.15, 0.2) is 71.7 Å². The van der Waals surface area contributed by atoms with E-state index in [-0.39, 0.29) is 11.2 Å². The zero-order valence-electron chi connectivity index (χ0n) is 12.1. The lowest BCUT2D eigenvalue weighted by molar-refractivity contribution is 0.464. The molecule has 0 spiro atoms. The molecule has 0 fully saturated rings. The van der Waals surface area contributed by atoms with Crippen LogP contribution in [0, 0.1) is 6.92 Å². The average molecular weight is 293 g/mol. The van der Waals surface area contributed by atoms with Crippen molar-refractivity contribution in [3.05, 3.63) is 82.8 Å². The van der Waals surface area contributed by atoms with Crippen LogP contribution >= 0.6 is 0 Å². The van der Waals surface area contributed by atoms with Crippen LogP contribution in [0.2, 0.25) is 0 Å². The molecule has 3 rings (SSSR count).